The summed E-state index contributed by atoms with van der Waals surface area (Å²) in [4.78, 5) is 13.3. The van der Waals surface area contributed by atoms with E-state index in [0.717, 1.165) is 25.7 Å². The van der Waals surface area contributed by atoms with Gasteiger partial charge in [-0.1, -0.05) is 53.2 Å². The van der Waals surface area contributed by atoms with Gasteiger partial charge in [-0.3, -0.25) is 4.79 Å². The van der Waals surface area contributed by atoms with Gasteiger partial charge in [0, 0.05) is 18.4 Å². The second-order valence-electron chi connectivity index (χ2n) is 14.3. The Morgan fingerprint density at radius 3 is 2.44 bits per heavy atom. The quantitative estimate of drug-likeness (QED) is 0.360. The molecule has 4 rings (SSSR count). The fourth-order valence-corrected chi connectivity index (χ4v) is 9.82. The minimum absolute atomic E-state index is 0.0574. The molecule has 5 heteroatoms. The molecule has 0 aliphatic heterocycles. The smallest absolute Gasteiger partial charge is 0.192 e. The molecule has 3 fully saturated rings. The summed E-state index contributed by atoms with van der Waals surface area (Å²) in [6.45, 7) is 18.2. The summed E-state index contributed by atoms with van der Waals surface area (Å²) < 4.78 is 6.86. The fourth-order valence-electron chi connectivity index (χ4n) is 8.43. The lowest BCUT2D eigenvalue weighted by Gasteiger charge is -2.58. The van der Waals surface area contributed by atoms with Crippen LogP contribution in [0.4, 0.5) is 0 Å². The highest BCUT2D eigenvalue weighted by molar-refractivity contribution is 6.74. The van der Waals surface area contributed by atoms with Gasteiger partial charge < -0.3 is 14.6 Å². The van der Waals surface area contributed by atoms with Crippen molar-refractivity contribution in [3.05, 3.63) is 11.6 Å². The van der Waals surface area contributed by atoms with Crippen LogP contribution in [-0.4, -0.2) is 43.1 Å². The topological polar surface area (TPSA) is 66.8 Å². The monoisotopic (exact) mass is 490 g/mol. The van der Waals surface area contributed by atoms with E-state index in [2.05, 4.69) is 53.8 Å². The van der Waals surface area contributed by atoms with Crippen molar-refractivity contribution in [1.82, 2.24) is 0 Å². The zero-order valence-electron chi connectivity index (χ0n) is 23.0. The van der Waals surface area contributed by atoms with Gasteiger partial charge in [-0.25, -0.2) is 0 Å². The number of fused-ring (bicyclic) bond motifs is 5. The normalized spacial score (nSPS) is 42.4. The Labute approximate surface area is 209 Å². The lowest BCUT2D eigenvalue weighted by Crippen LogP contribution is -2.52. The van der Waals surface area contributed by atoms with Gasteiger partial charge in [-0.05, 0) is 91.2 Å². The molecule has 4 aliphatic carbocycles. The van der Waals surface area contributed by atoms with E-state index >= 15 is 0 Å². The summed E-state index contributed by atoms with van der Waals surface area (Å²) in [6, 6.07) is 0. The summed E-state index contributed by atoms with van der Waals surface area (Å²) in [5.41, 5.74) is 1.80. The van der Waals surface area contributed by atoms with Crippen LogP contribution in [-0.2, 0) is 9.22 Å². The van der Waals surface area contributed by atoms with Crippen molar-refractivity contribution in [2.24, 2.45) is 40.4 Å². The lowest BCUT2D eigenvalue weighted by atomic mass is 9.47. The molecule has 34 heavy (non-hydrogen) atoms. The first-order valence-corrected chi connectivity index (χ1v) is 16.8. The zero-order chi connectivity index (χ0) is 25.3. The molecule has 0 amide bonds. The van der Waals surface area contributed by atoms with Crippen molar-refractivity contribution in [1.29, 1.82) is 0 Å². The van der Waals surface area contributed by atoms with Gasteiger partial charge >= 0.3 is 0 Å². The highest BCUT2D eigenvalue weighted by Gasteiger charge is 2.62. The van der Waals surface area contributed by atoms with Crippen molar-refractivity contribution in [3.63, 3.8) is 0 Å². The zero-order valence-corrected chi connectivity index (χ0v) is 24.0. The van der Waals surface area contributed by atoms with Crippen molar-refractivity contribution in [3.8, 4) is 0 Å². The SMILES string of the molecule is C[C@H](C(O)CO)C1C(=O)C[C@H]2[C@@H]3CC=C4C[C@@H](O[Si](C)(C)C(C)(C)C)CC[C@]4(C)[C@H]3CC[C@]12C. The molecule has 2 unspecified atom stereocenters. The molecule has 2 N–H and O–H groups in total. The maximum absolute atomic E-state index is 13.3. The summed E-state index contributed by atoms with van der Waals surface area (Å²) in [5.74, 6) is 1.60. The minimum atomic E-state index is -1.78. The Kier molecular flexibility index (Phi) is 6.89. The maximum Gasteiger partial charge on any atom is 0.192 e. The van der Waals surface area contributed by atoms with Gasteiger partial charge in [0.25, 0.3) is 0 Å². The van der Waals surface area contributed by atoms with E-state index < -0.39 is 14.4 Å². The number of aliphatic hydroxyl groups excluding tert-OH is 2. The van der Waals surface area contributed by atoms with Crippen molar-refractivity contribution >= 4 is 14.1 Å². The predicted octanol–water partition coefficient (Wildman–Crippen LogP) is 6.12. The molecule has 0 aromatic heterocycles. The first kappa shape index (κ1) is 26.6. The molecule has 0 aromatic rings. The van der Waals surface area contributed by atoms with Crippen LogP contribution in [0.5, 0.6) is 0 Å². The number of carbonyl (C=O) groups excluding carboxylic acids is 1. The van der Waals surface area contributed by atoms with Crippen LogP contribution < -0.4 is 0 Å². The standard InChI is InChI=1S/C29H50O4Si/c1-18(25(32)17-30)26-24(31)16-23-21-10-9-19-15-20(33-34(7,8)27(2,3)4)11-13-28(19,5)22(21)12-14-29(23,26)6/h9,18,20-23,25-26,30,32H,10-17H2,1-8H3/t18-,20+,21-,22+,23+,25?,26?,28+,29+/m1/s1. The Morgan fingerprint density at radius 1 is 1.15 bits per heavy atom. The summed E-state index contributed by atoms with van der Waals surface area (Å²) in [7, 11) is -1.78. The van der Waals surface area contributed by atoms with Crippen LogP contribution in [0.25, 0.3) is 0 Å². The first-order valence-electron chi connectivity index (χ1n) is 13.8. The number of Topliss-reactive ketones (excluding diaryl/α,β-unsaturated/α-hetero) is 1. The van der Waals surface area contributed by atoms with Crippen molar-refractivity contribution < 1.29 is 19.4 Å². The molecule has 0 saturated heterocycles. The van der Waals surface area contributed by atoms with Crippen molar-refractivity contribution in [2.45, 2.75) is 117 Å². The minimum Gasteiger partial charge on any atom is -0.414 e. The number of hydrogen-bond donors (Lipinski definition) is 2. The molecule has 194 valence electrons. The van der Waals surface area contributed by atoms with Gasteiger partial charge in [0.15, 0.2) is 8.32 Å². The average Bonchev–Trinajstić information content (AvgIpc) is 3.01. The van der Waals surface area contributed by atoms with E-state index in [0.29, 0.717) is 36.1 Å². The molecule has 4 aliphatic rings. The average molecular weight is 491 g/mol. The van der Waals surface area contributed by atoms with Gasteiger partial charge in [0.05, 0.1) is 12.7 Å². The molecule has 0 heterocycles. The summed E-state index contributed by atoms with van der Waals surface area (Å²) in [6.07, 6.45) is 9.47. The summed E-state index contributed by atoms with van der Waals surface area (Å²) >= 11 is 0. The molecule has 3 saturated carbocycles. The second-order valence-corrected chi connectivity index (χ2v) is 19.1. The van der Waals surface area contributed by atoms with Gasteiger partial charge in [-0.2, -0.15) is 0 Å². The number of rotatable bonds is 5. The Balaban J connectivity index is 1.55. The Bertz CT molecular complexity index is 828. The number of ketones is 1. The van der Waals surface area contributed by atoms with Crippen LogP contribution >= 0.6 is 0 Å². The molecule has 0 aromatic carbocycles. The molecule has 0 spiro atoms. The summed E-state index contributed by atoms with van der Waals surface area (Å²) in [5, 5.41) is 20.2. The van der Waals surface area contributed by atoms with Crippen LogP contribution in [0.3, 0.4) is 0 Å². The molecular formula is C29H50O4Si. The second kappa shape index (κ2) is 8.81. The predicted molar refractivity (Wildman–Crippen MR) is 140 cm³/mol. The third-order valence-electron chi connectivity index (χ3n) is 11.6. The molecule has 0 bridgehead atoms. The van der Waals surface area contributed by atoms with Crippen LogP contribution in [0.2, 0.25) is 18.1 Å². The highest BCUT2D eigenvalue weighted by atomic mass is 28.4. The van der Waals surface area contributed by atoms with Gasteiger partial charge in [0.1, 0.15) is 5.78 Å². The van der Waals surface area contributed by atoms with E-state index in [4.69, 9.17) is 4.43 Å². The fraction of sp³-hybridized carbons (Fsp3) is 0.897. The van der Waals surface area contributed by atoms with Crippen molar-refractivity contribution in [2.75, 3.05) is 6.61 Å². The molecule has 4 nitrogen and oxygen atoms in total. The number of aliphatic hydroxyl groups is 2. The Morgan fingerprint density at radius 2 is 1.82 bits per heavy atom. The van der Waals surface area contributed by atoms with Crippen LogP contribution in [0, 0.1) is 40.4 Å². The number of carbonyl (C=O) groups is 1. The van der Waals surface area contributed by atoms with E-state index in [1.165, 1.54) is 12.8 Å². The van der Waals surface area contributed by atoms with E-state index in [9.17, 15) is 15.0 Å². The van der Waals surface area contributed by atoms with Crippen LogP contribution in [0.1, 0.15) is 86.5 Å². The van der Waals surface area contributed by atoms with Gasteiger partial charge in [-0.15, -0.1) is 0 Å². The maximum atomic E-state index is 13.3. The molecule has 0 radical (unpaired) electrons. The van der Waals surface area contributed by atoms with Gasteiger partial charge in [0.2, 0.25) is 0 Å². The van der Waals surface area contributed by atoms with E-state index in [1.807, 2.05) is 6.92 Å². The largest absolute Gasteiger partial charge is 0.414 e. The molecular weight excluding hydrogens is 440 g/mol. The van der Waals surface area contributed by atoms with E-state index in [1.54, 1.807) is 5.57 Å². The van der Waals surface area contributed by atoms with Crippen LogP contribution in [0.15, 0.2) is 11.6 Å². The third-order valence-corrected chi connectivity index (χ3v) is 16.1. The molecule has 9 atom stereocenters. The van der Waals surface area contributed by atoms with E-state index in [-0.39, 0.29) is 34.3 Å². The third kappa shape index (κ3) is 4.11. The first-order chi connectivity index (χ1) is 15.7. The highest BCUT2D eigenvalue weighted by Crippen LogP contribution is 2.66. The number of allylic oxidation sites excluding steroid dienone is 1. The lowest BCUT2D eigenvalue weighted by molar-refractivity contribution is -0.127. The number of hydrogen-bond acceptors (Lipinski definition) is 4. The Hall–Kier alpha value is -0.493.